The van der Waals surface area contributed by atoms with E-state index in [1.54, 1.807) is 40.7 Å². The molecular formula is C22H28ClNO4S. The Morgan fingerprint density at radius 2 is 1.83 bits per heavy atom. The summed E-state index contributed by atoms with van der Waals surface area (Å²) >= 11 is 5.96. The number of sulfonamides is 1. The van der Waals surface area contributed by atoms with Gasteiger partial charge in [-0.2, -0.15) is 4.31 Å². The second-order valence-electron chi connectivity index (χ2n) is 7.85. The van der Waals surface area contributed by atoms with Crippen LogP contribution in [0.1, 0.15) is 51.9 Å². The van der Waals surface area contributed by atoms with Crippen molar-refractivity contribution in [2.45, 2.75) is 62.8 Å². The van der Waals surface area contributed by atoms with Crippen molar-refractivity contribution in [2.75, 3.05) is 6.54 Å². The van der Waals surface area contributed by atoms with Gasteiger partial charge in [0.1, 0.15) is 0 Å². The standard InChI is InChI=1S/C22H28ClNO4S/c1-2-21(17-5-3-4-6-17)24(15-16-7-9-18(10-8-16)22(25)26)29(27,28)20-13-11-19(23)12-14-20/h7,9,11-14,17,21H,2-6,8,10,15H2,1H3,(H,25,26). The SMILES string of the molecule is CCC(C1CCCC1)N(CC1=CC=C(C(=O)O)CC1)S(=O)(=O)c1ccc(Cl)cc1. The van der Waals surface area contributed by atoms with Gasteiger partial charge in [0, 0.05) is 23.2 Å². The molecular weight excluding hydrogens is 410 g/mol. The number of allylic oxidation sites excluding steroid dienone is 2. The van der Waals surface area contributed by atoms with Gasteiger partial charge in [0.05, 0.1) is 4.90 Å². The maximum atomic E-state index is 13.6. The number of hydrogen-bond donors (Lipinski definition) is 1. The molecule has 1 aromatic rings. The van der Waals surface area contributed by atoms with Gasteiger partial charge in [-0.25, -0.2) is 13.2 Å². The van der Waals surface area contributed by atoms with E-state index in [-0.39, 0.29) is 10.9 Å². The number of nitrogens with zero attached hydrogens (tertiary/aromatic N) is 1. The zero-order chi connectivity index (χ0) is 21.0. The third-order valence-corrected chi connectivity index (χ3v) is 8.16. The summed E-state index contributed by atoms with van der Waals surface area (Å²) in [5, 5.41) is 9.66. The van der Waals surface area contributed by atoms with Crippen LogP contribution in [0.15, 0.2) is 52.5 Å². The molecule has 3 rings (SSSR count). The number of rotatable bonds is 8. The van der Waals surface area contributed by atoms with Crippen LogP contribution in [0, 0.1) is 5.92 Å². The molecule has 1 saturated carbocycles. The smallest absolute Gasteiger partial charge is 0.331 e. The highest BCUT2D eigenvalue weighted by atomic mass is 35.5. The molecule has 1 N–H and O–H groups in total. The molecule has 5 nitrogen and oxygen atoms in total. The second kappa shape index (κ2) is 9.45. The number of halogens is 1. The van der Waals surface area contributed by atoms with Crippen molar-refractivity contribution in [3.05, 3.63) is 52.6 Å². The number of carbonyl (C=O) groups is 1. The summed E-state index contributed by atoms with van der Waals surface area (Å²) in [6.07, 6.45) is 9.50. The molecule has 0 heterocycles. The molecule has 0 saturated heterocycles. The topological polar surface area (TPSA) is 74.7 Å². The molecule has 158 valence electrons. The third kappa shape index (κ3) is 5.11. The lowest BCUT2D eigenvalue weighted by Crippen LogP contribution is -2.44. The summed E-state index contributed by atoms with van der Waals surface area (Å²) in [4.78, 5) is 11.4. The van der Waals surface area contributed by atoms with Gasteiger partial charge in [0.15, 0.2) is 0 Å². The van der Waals surface area contributed by atoms with E-state index < -0.39 is 16.0 Å². The van der Waals surface area contributed by atoms with Crippen LogP contribution in [0.25, 0.3) is 0 Å². The summed E-state index contributed by atoms with van der Waals surface area (Å²) in [6.45, 7) is 2.34. The molecule has 0 aliphatic heterocycles. The summed E-state index contributed by atoms with van der Waals surface area (Å²) < 4.78 is 28.8. The van der Waals surface area contributed by atoms with Crippen molar-refractivity contribution in [3.8, 4) is 0 Å². The fraction of sp³-hybridized carbons (Fsp3) is 0.500. The molecule has 1 atom stereocenters. The van der Waals surface area contributed by atoms with Gasteiger partial charge in [-0.3, -0.25) is 0 Å². The molecule has 0 aromatic heterocycles. The lowest BCUT2D eigenvalue weighted by Gasteiger charge is -2.35. The Bertz CT molecular complexity index is 899. The van der Waals surface area contributed by atoms with E-state index >= 15 is 0 Å². The van der Waals surface area contributed by atoms with Crippen molar-refractivity contribution in [2.24, 2.45) is 5.92 Å². The monoisotopic (exact) mass is 437 g/mol. The van der Waals surface area contributed by atoms with Crippen LogP contribution in [-0.4, -0.2) is 36.4 Å². The normalized spacial score (nSPS) is 19.1. The van der Waals surface area contributed by atoms with Crippen LogP contribution in [0.4, 0.5) is 0 Å². The van der Waals surface area contributed by atoms with Gasteiger partial charge >= 0.3 is 5.97 Å². The van der Waals surface area contributed by atoms with Crippen molar-refractivity contribution in [3.63, 3.8) is 0 Å². The van der Waals surface area contributed by atoms with Crippen LogP contribution in [0.5, 0.6) is 0 Å². The highest BCUT2D eigenvalue weighted by Gasteiger charge is 2.37. The van der Waals surface area contributed by atoms with Gasteiger partial charge in [0.2, 0.25) is 10.0 Å². The average Bonchev–Trinajstić information content (AvgIpc) is 3.23. The van der Waals surface area contributed by atoms with E-state index in [9.17, 15) is 13.2 Å². The zero-order valence-corrected chi connectivity index (χ0v) is 18.3. The first-order valence-electron chi connectivity index (χ1n) is 10.2. The molecule has 0 bridgehead atoms. The zero-order valence-electron chi connectivity index (χ0n) is 16.7. The van der Waals surface area contributed by atoms with Crippen molar-refractivity contribution in [1.82, 2.24) is 4.31 Å². The molecule has 2 aliphatic carbocycles. The molecule has 0 spiro atoms. The van der Waals surface area contributed by atoms with Crippen molar-refractivity contribution >= 4 is 27.6 Å². The Labute approximate surface area is 178 Å². The Morgan fingerprint density at radius 3 is 2.34 bits per heavy atom. The number of carboxylic acids is 1. The molecule has 1 aromatic carbocycles. The maximum Gasteiger partial charge on any atom is 0.331 e. The third-order valence-electron chi connectivity index (χ3n) is 6.02. The predicted molar refractivity (Wildman–Crippen MR) is 114 cm³/mol. The van der Waals surface area contributed by atoms with E-state index in [4.69, 9.17) is 16.7 Å². The van der Waals surface area contributed by atoms with Crippen LogP contribution < -0.4 is 0 Å². The minimum absolute atomic E-state index is 0.0658. The van der Waals surface area contributed by atoms with E-state index in [1.165, 1.54) is 0 Å². The predicted octanol–water partition coefficient (Wildman–Crippen LogP) is 5.03. The summed E-state index contributed by atoms with van der Waals surface area (Å²) in [5.41, 5.74) is 1.31. The van der Waals surface area contributed by atoms with E-state index in [0.717, 1.165) is 37.7 Å². The van der Waals surface area contributed by atoms with Gasteiger partial charge in [-0.05, 0) is 62.3 Å². The Balaban J connectivity index is 1.95. The highest BCUT2D eigenvalue weighted by molar-refractivity contribution is 7.89. The van der Waals surface area contributed by atoms with Gasteiger partial charge in [0.25, 0.3) is 0 Å². The molecule has 7 heteroatoms. The minimum atomic E-state index is -3.70. The molecule has 0 amide bonds. The first-order valence-corrected chi connectivity index (χ1v) is 12.0. The van der Waals surface area contributed by atoms with E-state index in [0.29, 0.717) is 35.9 Å². The maximum absolute atomic E-state index is 13.6. The van der Waals surface area contributed by atoms with E-state index in [2.05, 4.69) is 0 Å². The lowest BCUT2D eigenvalue weighted by molar-refractivity contribution is -0.132. The van der Waals surface area contributed by atoms with Crippen LogP contribution in [0.2, 0.25) is 5.02 Å². The first-order chi connectivity index (χ1) is 13.8. The highest BCUT2D eigenvalue weighted by Crippen LogP contribution is 2.35. The van der Waals surface area contributed by atoms with Gasteiger partial charge in [-0.1, -0.05) is 49.1 Å². The van der Waals surface area contributed by atoms with Gasteiger partial charge in [-0.15, -0.1) is 0 Å². The molecule has 29 heavy (non-hydrogen) atoms. The lowest BCUT2D eigenvalue weighted by atomic mass is 9.94. The summed E-state index contributed by atoms with van der Waals surface area (Å²) in [5.74, 6) is -0.556. The van der Waals surface area contributed by atoms with Crippen LogP contribution in [0.3, 0.4) is 0 Å². The molecule has 0 radical (unpaired) electrons. The van der Waals surface area contributed by atoms with Crippen LogP contribution in [-0.2, 0) is 14.8 Å². The fourth-order valence-corrected chi connectivity index (χ4v) is 6.32. The quantitative estimate of drug-likeness (QED) is 0.618. The average molecular weight is 438 g/mol. The molecule has 2 aliphatic rings. The minimum Gasteiger partial charge on any atom is -0.478 e. The van der Waals surface area contributed by atoms with Crippen molar-refractivity contribution < 1.29 is 18.3 Å². The second-order valence-corrected chi connectivity index (χ2v) is 10.2. The van der Waals surface area contributed by atoms with Crippen molar-refractivity contribution in [1.29, 1.82) is 0 Å². The molecule has 1 unspecified atom stereocenters. The number of carboxylic acid groups (broad SMARTS) is 1. The Morgan fingerprint density at radius 1 is 1.17 bits per heavy atom. The first kappa shape index (κ1) is 22.1. The van der Waals surface area contributed by atoms with Gasteiger partial charge < -0.3 is 5.11 Å². The molecule has 1 fully saturated rings. The fourth-order valence-electron chi connectivity index (χ4n) is 4.43. The Kier molecular flexibility index (Phi) is 7.19. The summed E-state index contributed by atoms with van der Waals surface area (Å²) in [7, 11) is -3.70. The number of aliphatic carboxylic acids is 1. The van der Waals surface area contributed by atoms with E-state index in [1.807, 2.05) is 6.92 Å². The number of benzene rings is 1. The Hall–Kier alpha value is -1.63. The van der Waals surface area contributed by atoms with Crippen LogP contribution >= 0.6 is 11.6 Å². The number of hydrogen-bond acceptors (Lipinski definition) is 3. The largest absolute Gasteiger partial charge is 0.478 e. The summed E-state index contributed by atoms with van der Waals surface area (Å²) in [6, 6.07) is 6.26.